The van der Waals surface area contributed by atoms with Crippen molar-refractivity contribution in [2.24, 2.45) is 0 Å². The fourth-order valence-corrected chi connectivity index (χ4v) is 2.88. The van der Waals surface area contributed by atoms with E-state index in [4.69, 9.17) is 0 Å². The summed E-state index contributed by atoms with van der Waals surface area (Å²) in [5, 5.41) is 0. The Labute approximate surface area is 123 Å². The molecule has 2 aromatic rings. The summed E-state index contributed by atoms with van der Waals surface area (Å²) in [6.07, 6.45) is 3.51. The summed E-state index contributed by atoms with van der Waals surface area (Å²) in [5.41, 5.74) is 1.79. The SMILES string of the molecule is CC(c1ccncc1)C(Br)c1cccc(Br)c1F. The second-order valence-electron chi connectivity index (χ2n) is 4.11. The molecule has 0 aliphatic carbocycles. The Morgan fingerprint density at radius 1 is 1.17 bits per heavy atom. The first-order chi connectivity index (χ1) is 8.61. The van der Waals surface area contributed by atoms with Crippen LogP contribution in [0.3, 0.4) is 0 Å². The van der Waals surface area contributed by atoms with Gasteiger partial charge in [0.25, 0.3) is 0 Å². The van der Waals surface area contributed by atoms with Gasteiger partial charge in [0.05, 0.1) is 4.47 Å². The number of hydrogen-bond donors (Lipinski definition) is 0. The molecule has 0 amide bonds. The second-order valence-corrected chi connectivity index (χ2v) is 5.95. The van der Waals surface area contributed by atoms with E-state index in [2.05, 4.69) is 43.8 Å². The zero-order valence-corrected chi connectivity index (χ0v) is 12.9. The van der Waals surface area contributed by atoms with Gasteiger partial charge < -0.3 is 0 Å². The number of benzene rings is 1. The molecule has 0 aliphatic heterocycles. The molecule has 0 fully saturated rings. The molecule has 1 aromatic heterocycles. The van der Waals surface area contributed by atoms with Crippen molar-refractivity contribution in [3.8, 4) is 0 Å². The van der Waals surface area contributed by atoms with Gasteiger partial charge in [-0.05, 0) is 45.6 Å². The van der Waals surface area contributed by atoms with Crippen LogP contribution in [0.4, 0.5) is 4.39 Å². The van der Waals surface area contributed by atoms with Crippen molar-refractivity contribution in [3.63, 3.8) is 0 Å². The number of aromatic nitrogens is 1. The van der Waals surface area contributed by atoms with Crippen LogP contribution in [0.2, 0.25) is 0 Å². The molecular formula is C14H12Br2FN. The van der Waals surface area contributed by atoms with Crippen LogP contribution in [0.15, 0.2) is 47.2 Å². The summed E-state index contributed by atoms with van der Waals surface area (Å²) >= 11 is 6.81. The van der Waals surface area contributed by atoms with E-state index < -0.39 is 0 Å². The Kier molecular flexibility index (Phi) is 4.51. The molecule has 2 atom stereocenters. The highest BCUT2D eigenvalue weighted by Gasteiger charge is 2.21. The van der Waals surface area contributed by atoms with Crippen LogP contribution < -0.4 is 0 Å². The van der Waals surface area contributed by atoms with Gasteiger partial charge in [-0.1, -0.05) is 35.0 Å². The third-order valence-electron chi connectivity index (χ3n) is 2.95. The van der Waals surface area contributed by atoms with Crippen molar-refractivity contribution in [3.05, 3.63) is 64.1 Å². The molecule has 1 heterocycles. The quantitative estimate of drug-likeness (QED) is 0.673. The highest BCUT2D eigenvalue weighted by molar-refractivity contribution is 9.10. The summed E-state index contributed by atoms with van der Waals surface area (Å²) in [7, 11) is 0. The Morgan fingerprint density at radius 2 is 1.83 bits per heavy atom. The number of halogens is 3. The minimum absolute atomic E-state index is 0.0719. The largest absolute Gasteiger partial charge is 0.265 e. The van der Waals surface area contributed by atoms with E-state index in [0.717, 1.165) is 5.56 Å². The van der Waals surface area contributed by atoms with Gasteiger partial charge in [0.2, 0.25) is 0 Å². The lowest BCUT2D eigenvalue weighted by molar-refractivity contribution is 0.590. The topological polar surface area (TPSA) is 12.9 Å². The molecule has 2 unspecified atom stereocenters. The molecule has 0 N–H and O–H groups in total. The number of pyridine rings is 1. The molecule has 0 bridgehead atoms. The predicted octanol–water partition coefficient (Wildman–Crippen LogP) is 5.22. The average molecular weight is 373 g/mol. The Morgan fingerprint density at radius 3 is 2.50 bits per heavy atom. The molecule has 94 valence electrons. The van der Waals surface area contributed by atoms with Gasteiger partial charge >= 0.3 is 0 Å². The van der Waals surface area contributed by atoms with E-state index in [1.165, 1.54) is 0 Å². The first-order valence-electron chi connectivity index (χ1n) is 5.59. The summed E-state index contributed by atoms with van der Waals surface area (Å²) in [4.78, 5) is 3.92. The lowest BCUT2D eigenvalue weighted by Crippen LogP contribution is -2.04. The highest BCUT2D eigenvalue weighted by atomic mass is 79.9. The molecular weight excluding hydrogens is 361 g/mol. The van der Waals surface area contributed by atoms with Gasteiger partial charge in [0.15, 0.2) is 0 Å². The van der Waals surface area contributed by atoms with Crippen molar-refractivity contribution < 1.29 is 4.39 Å². The zero-order valence-electron chi connectivity index (χ0n) is 9.78. The van der Waals surface area contributed by atoms with Crippen molar-refractivity contribution in [2.75, 3.05) is 0 Å². The van der Waals surface area contributed by atoms with E-state index >= 15 is 0 Å². The summed E-state index contributed by atoms with van der Waals surface area (Å²) in [6.45, 7) is 2.06. The molecule has 0 aliphatic rings. The molecule has 2 rings (SSSR count). The monoisotopic (exact) mass is 371 g/mol. The van der Waals surface area contributed by atoms with Crippen LogP contribution in [-0.2, 0) is 0 Å². The summed E-state index contributed by atoms with van der Waals surface area (Å²) in [5.74, 6) is -0.0444. The van der Waals surface area contributed by atoms with Gasteiger partial charge in [-0.2, -0.15) is 0 Å². The third kappa shape index (κ3) is 2.81. The Bertz CT molecular complexity index is 531. The Balaban J connectivity index is 2.31. The van der Waals surface area contributed by atoms with E-state index in [9.17, 15) is 4.39 Å². The minimum atomic E-state index is -0.208. The van der Waals surface area contributed by atoms with E-state index in [1.807, 2.05) is 18.2 Å². The predicted molar refractivity (Wildman–Crippen MR) is 78.4 cm³/mol. The van der Waals surface area contributed by atoms with E-state index in [1.54, 1.807) is 24.5 Å². The maximum Gasteiger partial charge on any atom is 0.141 e. The maximum atomic E-state index is 14.0. The number of rotatable bonds is 3. The van der Waals surface area contributed by atoms with Crippen LogP contribution in [0.1, 0.15) is 28.8 Å². The second kappa shape index (κ2) is 5.93. The average Bonchev–Trinajstić information content (AvgIpc) is 2.41. The number of nitrogens with zero attached hydrogens (tertiary/aromatic N) is 1. The maximum absolute atomic E-state index is 14.0. The van der Waals surface area contributed by atoms with Gasteiger partial charge in [-0.3, -0.25) is 4.98 Å². The van der Waals surface area contributed by atoms with Crippen molar-refractivity contribution in [2.45, 2.75) is 17.7 Å². The molecule has 0 saturated carbocycles. The number of alkyl halides is 1. The van der Waals surface area contributed by atoms with E-state index in [-0.39, 0.29) is 16.6 Å². The standard InChI is InChI=1S/C14H12Br2FN/c1-9(10-5-7-18-8-6-10)13(16)11-3-2-4-12(15)14(11)17/h2-9,13H,1H3. The van der Waals surface area contributed by atoms with Gasteiger partial charge in [-0.15, -0.1) is 0 Å². The van der Waals surface area contributed by atoms with Gasteiger partial charge in [0.1, 0.15) is 5.82 Å². The Hall–Kier alpha value is -0.740. The summed E-state index contributed by atoms with van der Waals surface area (Å²) in [6, 6.07) is 9.26. The van der Waals surface area contributed by atoms with Crippen LogP contribution >= 0.6 is 31.9 Å². The normalized spacial score (nSPS) is 14.2. The zero-order chi connectivity index (χ0) is 13.1. The van der Waals surface area contributed by atoms with Crippen LogP contribution in [0.5, 0.6) is 0 Å². The third-order valence-corrected chi connectivity index (χ3v) is 4.85. The van der Waals surface area contributed by atoms with Gasteiger partial charge in [0, 0.05) is 22.8 Å². The van der Waals surface area contributed by atoms with E-state index in [0.29, 0.717) is 10.0 Å². The van der Waals surface area contributed by atoms with Crippen molar-refractivity contribution >= 4 is 31.9 Å². The van der Waals surface area contributed by atoms with Crippen LogP contribution in [0, 0.1) is 5.82 Å². The fraction of sp³-hybridized carbons (Fsp3) is 0.214. The minimum Gasteiger partial charge on any atom is -0.265 e. The molecule has 18 heavy (non-hydrogen) atoms. The molecule has 1 aromatic carbocycles. The first kappa shape index (κ1) is 13.7. The highest BCUT2D eigenvalue weighted by Crippen LogP contribution is 2.39. The molecule has 4 heteroatoms. The summed E-state index contributed by atoms with van der Waals surface area (Å²) < 4.78 is 14.5. The lowest BCUT2D eigenvalue weighted by atomic mass is 9.94. The molecule has 0 spiro atoms. The van der Waals surface area contributed by atoms with Crippen molar-refractivity contribution in [1.82, 2.24) is 4.98 Å². The fourth-order valence-electron chi connectivity index (χ4n) is 1.84. The van der Waals surface area contributed by atoms with Crippen molar-refractivity contribution in [1.29, 1.82) is 0 Å². The molecule has 0 saturated heterocycles. The molecule has 1 nitrogen and oxygen atoms in total. The van der Waals surface area contributed by atoms with Gasteiger partial charge in [-0.25, -0.2) is 4.39 Å². The first-order valence-corrected chi connectivity index (χ1v) is 7.30. The lowest BCUT2D eigenvalue weighted by Gasteiger charge is -2.20. The van der Waals surface area contributed by atoms with Crippen LogP contribution in [0.25, 0.3) is 0 Å². The smallest absolute Gasteiger partial charge is 0.141 e. The van der Waals surface area contributed by atoms with Crippen LogP contribution in [-0.4, -0.2) is 4.98 Å². The number of hydrogen-bond acceptors (Lipinski definition) is 1. The molecule has 0 radical (unpaired) electrons.